The van der Waals surface area contributed by atoms with E-state index in [0.29, 0.717) is 16.7 Å². The normalized spacial score (nSPS) is 11.3. The Kier molecular flexibility index (Phi) is 8.18. The van der Waals surface area contributed by atoms with Crippen molar-refractivity contribution in [2.75, 3.05) is 20.3 Å². The molecule has 0 amide bonds. The summed E-state index contributed by atoms with van der Waals surface area (Å²) in [6, 6.07) is 7.84. The van der Waals surface area contributed by atoms with Crippen molar-refractivity contribution in [1.82, 2.24) is 9.66 Å². The predicted octanol–water partition coefficient (Wildman–Crippen LogP) is 4.02. The Morgan fingerprint density at radius 2 is 2.06 bits per heavy atom. The maximum atomic E-state index is 13.2. The number of benzene rings is 2. The lowest BCUT2D eigenvalue weighted by Gasteiger charge is -2.13. The smallest absolute Gasteiger partial charge is 0.344 e. The molecule has 1 heterocycles. The van der Waals surface area contributed by atoms with Crippen LogP contribution in [-0.2, 0) is 9.53 Å². The molecule has 3 rings (SSSR count). The standard InChI is InChI=1S/C23H23BrN4O7/c1-5-34-20(29)12-35-21-18(28(31)32)8-14(9-19(21)33-4)11-25-27-22(13(2)3)26-17-7-6-15(24)10-16(17)23(27)30/h6-11,13H,5,12H2,1-4H3. The molecule has 184 valence electrons. The maximum absolute atomic E-state index is 13.2. The molecule has 35 heavy (non-hydrogen) atoms. The van der Waals surface area contributed by atoms with Crippen LogP contribution in [0.4, 0.5) is 5.69 Å². The van der Waals surface area contributed by atoms with Crippen LogP contribution in [-0.4, -0.2) is 47.1 Å². The summed E-state index contributed by atoms with van der Waals surface area (Å²) in [5, 5.41) is 16.4. The summed E-state index contributed by atoms with van der Waals surface area (Å²) in [4.78, 5) is 40.4. The highest BCUT2D eigenvalue weighted by molar-refractivity contribution is 9.10. The van der Waals surface area contributed by atoms with Crippen molar-refractivity contribution in [2.24, 2.45) is 5.10 Å². The number of fused-ring (bicyclic) bond motifs is 1. The number of halogens is 1. The monoisotopic (exact) mass is 546 g/mol. The highest BCUT2D eigenvalue weighted by Crippen LogP contribution is 2.38. The number of carbonyl (C=O) groups excluding carboxylic acids is 1. The fourth-order valence-corrected chi connectivity index (χ4v) is 3.59. The summed E-state index contributed by atoms with van der Waals surface area (Å²) >= 11 is 3.36. The minimum atomic E-state index is -0.675. The van der Waals surface area contributed by atoms with Crippen LogP contribution in [0.25, 0.3) is 10.9 Å². The van der Waals surface area contributed by atoms with Crippen molar-refractivity contribution >= 4 is 44.7 Å². The van der Waals surface area contributed by atoms with Gasteiger partial charge in [0, 0.05) is 22.0 Å². The molecule has 2 aromatic carbocycles. The SMILES string of the molecule is CCOC(=O)COc1c(OC)cc(C=Nn2c(C(C)C)nc3ccc(Br)cc3c2=O)cc1[N+](=O)[O-]. The van der Waals surface area contributed by atoms with Gasteiger partial charge in [0.25, 0.3) is 5.56 Å². The van der Waals surface area contributed by atoms with Gasteiger partial charge in [0.05, 0.1) is 35.8 Å². The fourth-order valence-electron chi connectivity index (χ4n) is 3.22. The van der Waals surface area contributed by atoms with Crippen LogP contribution in [0.5, 0.6) is 11.5 Å². The Morgan fingerprint density at radius 1 is 1.31 bits per heavy atom. The summed E-state index contributed by atoms with van der Waals surface area (Å²) in [6.07, 6.45) is 1.30. The second-order valence-corrected chi connectivity index (χ2v) is 8.49. The molecule has 0 aliphatic carbocycles. The van der Waals surface area contributed by atoms with E-state index in [4.69, 9.17) is 14.2 Å². The quantitative estimate of drug-likeness (QED) is 0.170. The first kappa shape index (κ1) is 25.8. The first-order chi connectivity index (χ1) is 16.7. The number of nitro benzene ring substituents is 1. The molecule has 0 aliphatic heterocycles. The van der Waals surface area contributed by atoms with Gasteiger partial charge < -0.3 is 14.2 Å². The lowest BCUT2D eigenvalue weighted by atomic mass is 10.1. The second-order valence-electron chi connectivity index (χ2n) is 7.57. The maximum Gasteiger partial charge on any atom is 0.344 e. The van der Waals surface area contributed by atoms with Crippen molar-refractivity contribution in [1.29, 1.82) is 0 Å². The minimum absolute atomic E-state index is 0.0157. The Labute approximate surface area is 208 Å². The fraction of sp³-hybridized carbons (Fsp3) is 0.304. The Hall–Kier alpha value is -3.80. The molecular formula is C23H23BrN4O7. The lowest BCUT2D eigenvalue weighted by Crippen LogP contribution is -2.23. The van der Waals surface area contributed by atoms with Crippen LogP contribution >= 0.6 is 15.9 Å². The highest BCUT2D eigenvalue weighted by atomic mass is 79.9. The van der Waals surface area contributed by atoms with E-state index < -0.39 is 23.2 Å². The molecule has 3 aromatic rings. The van der Waals surface area contributed by atoms with Gasteiger partial charge in [-0.15, -0.1) is 0 Å². The van der Waals surface area contributed by atoms with Gasteiger partial charge in [-0.1, -0.05) is 29.8 Å². The number of esters is 1. The molecule has 11 nitrogen and oxygen atoms in total. The topological polar surface area (TPSA) is 135 Å². The van der Waals surface area contributed by atoms with Gasteiger partial charge in [-0.2, -0.15) is 9.78 Å². The number of hydrogen-bond donors (Lipinski definition) is 0. The first-order valence-electron chi connectivity index (χ1n) is 10.6. The molecule has 0 N–H and O–H groups in total. The van der Waals surface area contributed by atoms with E-state index in [1.54, 1.807) is 25.1 Å². The van der Waals surface area contributed by atoms with E-state index in [-0.39, 0.29) is 35.1 Å². The minimum Gasteiger partial charge on any atom is -0.493 e. The number of rotatable bonds is 9. The zero-order valence-electron chi connectivity index (χ0n) is 19.5. The van der Waals surface area contributed by atoms with Gasteiger partial charge in [-0.25, -0.2) is 9.78 Å². The molecule has 0 bridgehead atoms. The molecule has 0 atom stereocenters. The zero-order valence-corrected chi connectivity index (χ0v) is 21.1. The number of ether oxygens (including phenoxy) is 3. The molecule has 0 fully saturated rings. The van der Waals surface area contributed by atoms with Crippen LogP contribution in [0.1, 0.15) is 38.1 Å². The van der Waals surface area contributed by atoms with E-state index in [1.807, 2.05) is 13.8 Å². The van der Waals surface area contributed by atoms with Gasteiger partial charge in [-0.3, -0.25) is 14.9 Å². The number of nitro groups is 1. The van der Waals surface area contributed by atoms with E-state index in [2.05, 4.69) is 26.0 Å². The van der Waals surface area contributed by atoms with Gasteiger partial charge in [0.1, 0.15) is 5.82 Å². The van der Waals surface area contributed by atoms with Gasteiger partial charge in [0.2, 0.25) is 5.75 Å². The molecule has 0 aliphatic rings. The molecule has 0 saturated carbocycles. The van der Waals surface area contributed by atoms with Crippen molar-refractivity contribution in [3.05, 3.63) is 66.7 Å². The number of carbonyl (C=O) groups is 1. The number of hydrogen-bond acceptors (Lipinski definition) is 9. The van der Waals surface area contributed by atoms with Crippen LogP contribution in [0, 0.1) is 10.1 Å². The van der Waals surface area contributed by atoms with Crippen molar-refractivity contribution in [3.8, 4) is 11.5 Å². The Bertz CT molecular complexity index is 1370. The summed E-state index contributed by atoms with van der Waals surface area (Å²) in [5.74, 6) is -0.584. The average molecular weight is 547 g/mol. The van der Waals surface area contributed by atoms with E-state index in [9.17, 15) is 19.7 Å². The Morgan fingerprint density at radius 3 is 2.69 bits per heavy atom. The molecule has 0 spiro atoms. The summed E-state index contributed by atoms with van der Waals surface area (Å²) in [7, 11) is 1.31. The van der Waals surface area contributed by atoms with Crippen molar-refractivity contribution in [3.63, 3.8) is 0 Å². The Balaban J connectivity index is 2.08. The number of methoxy groups -OCH3 is 1. The van der Waals surface area contributed by atoms with Gasteiger partial charge in [0.15, 0.2) is 12.4 Å². The van der Waals surface area contributed by atoms with E-state index in [1.165, 1.54) is 30.1 Å². The molecule has 0 radical (unpaired) electrons. The third kappa shape index (κ3) is 5.83. The van der Waals surface area contributed by atoms with Crippen LogP contribution in [0.15, 0.2) is 44.7 Å². The summed E-state index contributed by atoms with van der Waals surface area (Å²) in [5.41, 5.74) is -0.0130. The highest BCUT2D eigenvalue weighted by Gasteiger charge is 2.23. The largest absolute Gasteiger partial charge is 0.493 e. The molecule has 1 aromatic heterocycles. The van der Waals surface area contributed by atoms with Crippen LogP contribution in [0.2, 0.25) is 0 Å². The second kappa shape index (κ2) is 11.1. The van der Waals surface area contributed by atoms with Gasteiger partial charge >= 0.3 is 11.7 Å². The van der Waals surface area contributed by atoms with E-state index >= 15 is 0 Å². The van der Waals surface area contributed by atoms with Gasteiger partial charge in [-0.05, 0) is 31.2 Å². The number of nitrogens with zero attached hydrogens (tertiary/aromatic N) is 4. The lowest BCUT2D eigenvalue weighted by molar-refractivity contribution is -0.385. The van der Waals surface area contributed by atoms with E-state index in [0.717, 1.165) is 4.47 Å². The van der Waals surface area contributed by atoms with Crippen molar-refractivity contribution in [2.45, 2.75) is 26.7 Å². The number of aromatic nitrogens is 2. The average Bonchev–Trinajstić information content (AvgIpc) is 2.82. The predicted molar refractivity (Wildman–Crippen MR) is 133 cm³/mol. The summed E-state index contributed by atoms with van der Waals surface area (Å²) in [6.45, 7) is 5.01. The van der Waals surface area contributed by atoms with Crippen LogP contribution in [0.3, 0.4) is 0 Å². The third-order valence-electron chi connectivity index (χ3n) is 4.79. The molecule has 0 unspecified atom stereocenters. The van der Waals surface area contributed by atoms with Crippen LogP contribution < -0.4 is 15.0 Å². The zero-order chi connectivity index (χ0) is 25.7. The molecule has 12 heteroatoms. The summed E-state index contributed by atoms with van der Waals surface area (Å²) < 4.78 is 17.3. The van der Waals surface area contributed by atoms with Crippen molar-refractivity contribution < 1.29 is 23.9 Å². The molecule has 0 saturated heterocycles. The third-order valence-corrected chi connectivity index (χ3v) is 5.28. The first-order valence-corrected chi connectivity index (χ1v) is 11.4. The molecular weight excluding hydrogens is 524 g/mol.